The highest BCUT2D eigenvalue weighted by atomic mass is 32.2. The molecule has 2 aromatic rings. The van der Waals surface area contributed by atoms with Crippen LogP contribution in [0.5, 0.6) is 0 Å². The molecule has 1 saturated heterocycles. The van der Waals surface area contributed by atoms with E-state index in [4.69, 9.17) is 4.74 Å². The van der Waals surface area contributed by atoms with Crippen LogP contribution in [0.2, 0.25) is 0 Å². The summed E-state index contributed by atoms with van der Waals surface area (Å²) in [5.41, 5.74) is 3.31. The zero-order valence-electron chi connectivity index (χ0n) is 15.3. The van der Waals surface area contributed by atoms with Gasteiger partial charge in [-0.25, -0.2) is 5.01 Å². The fourth-order valence-electron chi connectivity index (χ4n) is 2.36. The van der Waals surface area contributed by atoms with Crippen LogP contribution >= 0.6 is 23.1 Å². The van der Waals surface area contributed by atoms with Crippen LogP contribution in [0.25, 0.3) is 0 Å². The van der Waals surface area contributed by atoms with Gasteiger partial charge in [0.2, 0.25) is 16.9 Å². The van der Waals surface area contributed by atoms with E-state index in [1.54, 1.807) is 19.1 Å². The summed E-state index contributed by atoms with van der Waals surface area (Å²) in [6, 6.07) is 6.21. The normalized spacial score (nSPS) is 13.8. The number of hydrazine groups is 1. The highest BCUT2D eigenvalue weighted by Gasteiger charge is 2.24. The summed E-state index contributed by atoms with van der Waals surface area (Å²) in [6.45, 7) is 2.04. The van der Waals surface area contributed by atoms with E-state index in [9.17, 15) is 19.2 Å². The van der Waals surface area contributed by atoms with Crippen LogP contribution in [-0.4, -0.2) is 46.2 Å². The standard InChI is InChI=1S/C17H17N5O5S2/c1-2-27-14(25)9-28-17-20-19-16(29-17)18-15(26)10-3-5-11(6-4-10)22-13(24)8-7-12(23)21-22/h3-6H,2,7-9H2,1H3,(H,21,23)(H,18,19,26). The second-order valence-electron chi connectivity index (χ2n) is 5.73. The molecule has 1 fully saturated rings. The molecule has 1 aliphatic heterocycles. The number of amides is 3. The Kier molecular flexibility index (Phi) is 6.77. The third-order valence-electron chi connectivity index (χ3n) is 3.69. The molecule has 10 nitrogen and oxygen atoms in total. The summed E-state index contributed by atoms with van der Waals surface area (Å²) in [6.07, 6.45) is 0.305. The molecule has 2 N–H and O–H groups in total. The van der Waals surface area contributed by atoms with Crippen LogP contribution in [-0.2, 0) is 19.1 Å². The third kappa shape index (κ3) is 5.51. The fraction of sp³-hybridized carbons (Fsp3) is 0.294. The Morgan fingerprint density at radius 3 is 2.72 bits per heavy atom. The number of carbonyl (C=O) groups is 4. The van der Waals surface area contributed by atoms with Crippen LogP contribution < -0.4 is 15.8 Å². The van der Waals surface area contributed by atoms with Crippen LogP contribution in [0.15, 0.2) is 28.6 Å². The van der Waals surface area contributed by atoms with Crippen molar-refractivity contribution >= 4 is 57.6 Å². The minimum absolute atomic E-state index is 0.115. The third-order valence-corrected chi connectivity index (χ3v) is 5.63. The molecule has 3 amide bonds. The predicted octanol–water partition coefficient (Wildman–Crippen LogP) is 1.60. The lowest BCUT2D eigenvalue weighted by Gasteiger charge is -2.27. The van der Waals surface area contributed by atoms with Crippen molar-refractivity contribution < 1.29 is 23.9 Å². The molecule has 12 heteroatoms. The summed E-state index contributed by atoms with van der Waals surface area (Å²) in [4.78, 5) is 47.1. The first kappa shape index (κ1) is 20.7. The number of hydrogen-bond acceptors (Lipinski definition) is 9. The average Bonchev–Trinajstić information content (AvgIpc) is 3.16. The molecule has 0 aliphatic carbocycles. The maximum absolute atomic E-state index is 12.4. The minimum Gasteiger partial charge on any atom is -0.465 e. The molecule has 2 heterocycles. The molecule has 0 radical (unpaired) electrons. The van der Waals surface area contributed by atoms with Crippen molar-refractivity contribution in [2.75, 3.05) is 22.7 Å². The SMILES string of the molecule is CCOC(=O)CSc1nnc(NC(=O)c2ccc(N3NC(=O)CCC3=O)cc2)s1. The van der Waals surface area contributed by atoms with Gasteiger partial charge in [0.15, 0.2) is 4.34 Å². The first-order valence-corrected chi connectivity index (χ1v) is 10.4. The molecule has 29 heavy (non-hydrogen) atoms. The Hall–Kier alpha value is -2.99. The van der Waals surface area contributed by atoms with Gasteiger partial charge in [-0.2, -0.15) is 0 Å². The van der Waals surface area contributed by atoms with Gasteiger partial charge < -0.3 is 4.74 Å². The smallest absolute Gasteiger partial charge is 0.316 e. The van der Waals surface area contributed by atoms with E-state index in [0.717, 1.165) is 11.3 Å². The number of hydrogen-bond donors (Lipinski definition) is 2. The number of aromatic nitrogens is 2. The number of esters is 1. The van der Waals surface area contributed by atoms with Gasteiger partial charge >= 0.3 is 5.97 Å². The second kappa shape index (κ2) is 9.47. The first-order chi connectivity index (χ1) is 14.0. The Bertz CT molecular complexity index is 931. The lowest BCUT2D eigenvalue weighted by atomic mass is 10.1. The van der Waals surface area contributed by atoms with Gasteiger partial charge in [0, 0.05) is 18.4 Å². The number of anilines is 2. The number of nitrogens with one attached hydrogen (secondary N) is 2. The van der Waals surface area contributed by atoms with E-state index in [-0.39, 0.29) is 36.4 Å². The molecule has 1 aliphatic rings. The van der Waals surface area contributed by atoms with E-state index in [1.165, 1.54) is 28.9 Å². The Labute approximate surface area is 174 Å². The highest BCUT2D eigenvalue weighted by Crippen LogP contribution is 2.26. The summed E-state index contributed by atoms with van der Waals surface area (Å²) in [7, 11) is 0. The first-order valence-electron chi connectivity index (χ1n) is 8.62. The molecule has 3 rings (SSSR count). The maximum Gasteiger partial charge on any atom is 0.316 e. The molecule has 0 bridgehead atoms. The molecule has 0 spiro atoms. The number of rotatable bonds is 7. The highest BCUT2D eigenvalue weighted by molar-refractivity contribution is 8.01. The van der Waals surface area contributed by atoms with Gasteiger partial charge in [0.25, 0.3) is 5.91 Å². The zero-order chi connectivity index (χ0) is 20.8. The largest absolute Gasteiger partial charge is 0.465 e. The number of ether oxygens (including phenoxy) is 1. The Morgan fingerprint density at radius 1 is 1.24 bits per heavy atom. The second-order valence-corrected chi connectivity index (χ2v) is 7.93. The van der Waals surface area contributed by atoms with Crippen molar-refractivity contribution in [3.05, 3.63) is 29.8 Å². The van der Waals surface area contributed by atoms with E-state index in [1.807, 2.05) is 0 Å². The van der Waals surface area contributed by atoms with Crippen molar-refractivity contribution in [1.82, 2.24) is 15.6 Å². The van der Waals surface area contributed by atoms with E-state index >= 15 is 0 Å². The fourth-order valence-corrected chi connectivity index (χ4v) is 3.90. The van der Waals surface area contributed by atoms with Crippen molar-refractivity contribution in [2.45, 2.75) is 24.1 Å². The van der Waals surface area contributed by atoms with Crippen LogP contribution in [0.3, 0.4) is 0 Å². The Morgan fingerprint density at radius 2 is 2.00 bits per heavy atom. The molecule has 0 unspecified atom stereocenters. The predicted molar refractivity (Wildman–Crippen MR) is 107 cm³/mol. The van der Waals surface area contributed by atoms with Crippen molar-refractivity contribution in [2.24, 2.45) is 0 Å². The Balaban J connectivity index is 1.58. The number of nitrogens with zero attached hydrogens (tertiary/aromatic N) is 3. The van der Waals surface area contributed by atoms with Gasteiger partial charge in [0.05, 0.1) is 18.0 Å². The lowest BCUT2D eigenvalue weighted by Crippen LogP contribution is -2.50. The number of benzene rings is 1. The molecule has 1 aromatic carbocycles. The number of carbonyl (C=O) groups excluding carboxylic acids is 4. The van der Waals surface area contributed by atoms with Crippen molar-refractivity contribution in [1.29, 1.82) is 0 Å². The van der Waals surface area contributed by atoms with Gasteiger partial charge in [-0.3, -0.25) is 29.9 Å². The van der Waals surface area contributed by atoms with Crippen LogP contribution in [0.4, 0.5) is 10.8 Å². The molecular formula is C17H17N5O5S2. The average molecular weight is 435 g/mol. The molecule has 0 saturated carbocycles. The molecular weight excluding hydrogens is 418 g/mol. The van der Waals surface area contributed by atoms with Crippen molar-refractivity contribution in [3.63, 3.8) is 0 Å². The van der Waals surface area contributed by atoms with Gasteiger partial charge in [-0.05, 0) is 31.2 Å². The van der Waals surface area contributed by atoms with Crippen LogP contribution in [0, 0.1) is 0 Å². The number of thioether (sulfide) groups is 1. The lowest BCUT2D eigenvalue weighted by molar-refractivity contribution is -0.139. The van der Waals surface area contributed by atoms with Crippen molar-refractivity contribution in [3.8, 4) is 0 Å². The summed E-state index contributed by atoms with van der Waals surface area (Å²) < 4.78 is 5.37. The summed E-state index contributed by atoms with van der Waals surface area (Å²) in [5, 5.41) is 11.9. The molecule has 152 valence electrons. The zero-order valence-corrected chi connectivity index (χ0v) is 17.0. The van der Waals surface area contributed by atoms with Gasteiger partial charge in [0.1, 0.15) is 0 Å². The van der Waals surface area contributed by atoms with Gasteiger partial charge in [-0.1, -0.05) is 23.1 Å². The monoisotopic (exact) mass is 435 g/mol. The quantitative estimate of drug-likeness (QED) is 0.381. The van der Waals surface area contributed by atoms with Gasteiger partial charge in [-0.15, -0.1) is 10.2 Å². The molecule has 1 aromatic heterocycles. The maximum atomic E-state index is 12.4. The van der Waals surface area contributed by atoms with E-state index in [2.05, 4.69) is 20.9 Å². The minimum atomic E-state index is -0.399. The van der Waals surface area contributed by atoms with E-state index in [0.29, 0.717) is 27.3 Å². The van der Waals surface area contributed by atoms with E-state index < -0.39 is 5.91 Å². The topological polar surface area (TPSA) is 131 Å². The van der Waals surface area contributed by atoms with Crippen LogP contribution in [0.1, 0.15) is 30.1 Å². The summed E-state index contributed by atoms with van der Waals surface area (Å²) >= 11 is 2.32. The molecule has 0 atom stereocenters. The summed E-state index contributed by atoms with van der Waals surface area (Å²) in [5.74, 6) is -1.09.